The summed E-state index contributed by atoms with van der Waals surface area (Å²) in [7, 11) is 0. The molecule has 0 spiro atoms. The Kier molecular flexibility index (Phi) is 7.64. The summed E-state index contributed by atoms with van der Waals surface area (Å²) in [6, 6.07) is 14.5. The van der Waals surface area contributed by atoms with E-state index in [1.165, 1.54) is 18.2 Å². The van der Waals surface area contributed by atoms with Crippen LogP contribution >= 0.6 is 0 Å². The second-order valence-electron chi connectivity index (χ2n) is 6.08. The Labute approximate surface area is 163 Å². The molecule has 1 N–H and O–H groups in total. The zero-order chi connectivity index (χ0) is 20.5. The smallest absolute Gasteiger partial charge is 0.257 e. The van der Waals surface area contributed by atoms with Crippen molar-refractivity contribution in [3.63, 3.8) is 0 Å². The van der Waals surface area contributed by atoms with Gasteiger partial charge in [0.1, 0.15) is 5.76 Å². The summed E-state index contributed by atoms with van der Waals surface area (Å²) in [6.45, 7) is 5.89. The number of hydrogen-bond donors (Lipinski definition) is 1. The molecule has 0 aromatic heterocycles. The van der Waals surface area contributed by atoms with Crippen LogP contribution in [-0.2, 0) is 0 Å². The third-order valence-electron chi connectivity index (χ3n) is 4.10. The normalized spacial score (nSPS) is 13.0. The highest BCUT2D eigenvalue weighted by Crippen LogP contribution is 2.24. The third kappa shape index (κ3) is 5.88. The monoisotopic (exact) mass is 382 g/mol. The van der Waals surface area contributed by atoms with E-state index >= 15 is 0 Å². The zero-order valence-electron chi connectivity index (χ0n) is 15.4. The topological polar surface area (TPSA) is 20.2 Å². The van der Waals surface area contributed by atoms with Gasteiger partial charge in [0.2, 0.25) is 0 Å². The quantitative estimate of drug-likeness (QED) is 0.394. The Balaban J connectivity index is 2.24. The molecule has 0 aliphatic heterocycles. The Hall–Kier alpha value is -3.27. The number of rotatable bonds is 7. The van der Waals surface area contributed by atoms with E-state index in [0.717, 1.165) is 22.8 Å². The number of benzene rings is 2. The lowest BCUT2D eigenvalue weighted by molar-refractivity contribution is 0.204. The van der Waals surface area contributed by atoms with Gasteiger partial charge in [-0.25, -0.2) is 13.2 Å². The van der Waals surface area contributed by atoms with Gasteiger partial charge in [-0.05, 0) is 53.0 Å². The molecule has 0 unspecified atom stereocenters. The molecule has 0 aliphatic carbocycles. The summed E-state index contributed by atoms with van der Waals surface area (Å²) in [6.07, 6.45) is 3.90. The molecule has 0 amide bonds. The highest BCUT2D eigenvalue weighted by atomic mass is 19.3. The Bertz CT molecular complexity index is 933. The first-order valence-corrected chi connectivity index (χ1v) is 8.62. The van der Waals surface area contributed by atoms with Crippen molar-refractivity contribution in [2.24, 2.45) is 0 Å². The van der Waals surface area contributed by atoms with Crippen LogP contribution in [0, 0.1) is 6.92 Å². The first kappa shape index (κ1) is 21.0. The summed E-state index contributed by atoms with van der Waals surface area (Å²) in [5, 5.41) is 10.4. The predicted octanol–water partition coefficient (Wildman–Crippen LogP) is 7.30. The summed E-state index contributed by atoms with van der Waals surface area (Å²) < 4.78 is 37.1. The van der Waals surface area contributed by atoms with E-state index in [1.807, 2.05) is 31.2 Å². The maximum Gasteiger partial charge on any atom is 0.257 e. The number of hydrogen-bond acceptors (Lipinski definition) is 1. The minimum absolute atomic E-state index is 0.116. The fourth-order valence-electron chi connectivity index (χ4n) is 2.62. The van der Waals surface area contributed by atoms with E-state index in [4.69, 9.17) is 0 Å². The van der Waals surface area contributed by atoms with E-state index in [-0.39, 0.29) is 5.76 Å². The van der Waals surface area contributed by atoms with Gasteiger partial charge in [-0.3, -0.25) is 0 Å². The first-order chi connectivity index (χ1) is 13.4. The van der Waals surface area contributed by atoms with Gasteiger partial charge in [0.05, 0.1) is 6.33 Å². The highest BCUT2D eigenvalue weighted by molar-refractivity contribution is 5.82. The molecule has 2 aromatic rings. The van der Waals surface area contributed by atoms with E-state index in [2.05, 4.69) is 6.58 Å². The molecule has 0 bridgehead atoms. The molecule has 1 nitrogen and oxygen atoms in total. The van der Waals surface area contributed by atoms with Crippen molar-refractivity contribution in [3.8, 4) is 0 Å². The number of alkyl halides is 2. The number of halogens is 3. The predicted molar refractivity (Wildman–Crippen MR) is 111 cm³/mol. The number of allylic oxidation sites excluding steroid dienone is 7. The Morgan fingerprint density at radius 1 is 1.04 bits per heavy atom. The molecule has 0 saturated carbocycles. The molecule has 144 valence electrons. The fraction of sp³-hybridized carbons (Fsp3) is 0.0833. The second kappa shape index (κ2) is 10.2. The van der Waals surface area contributed by atoms with E-state index in [0.29, 0.717) is 23.0 Å². The van der Waals surface area contributed by atoms with Crippen LogP contribution < -0.4 is 0 Å². The molecule has 2 aromatic carbocycles. The molecule has 28 heavy (non-hydrogen) atoms. The highest BCUT2D eigenvalue weighted by Gasteiger charge is 2.05. The SMILES string of the molecule is C=C(/C=C(/O)c1ccccc1C)c1ccc(C(/C=C\F)=C/C=C/C(F)F)cc1. The van der Waals surface area contributed by atoms with Gasteiger partial charge in [-0.1, -0.05) is 67.3 Å². The van der Waals surface area contributed by atoms with Gasteiger partial charge in [-0.2, -0.15) is 0 Å². The first-order valence-electron chi connectivity index (χ1n) is 8.62. The van der Waals surface area contributed by atoms with Gasteiger partial charge >= 0.3 is 0 Å². The number of aliphatic hydroxyl groups excluding tert-OH is 1. The molecule has 0 fully saturated rings. The van der Waals surface area contributed by atoms with Crippen LogP contribution in [0.4, 0.5) is 13.2 Å². The minimum Gasteiger partial charge on any atom is -0.507 e. The Morgan fingerprint density at radius 3 is 2.29 bits per heavy atom. The lowest BCUT2D eigenvalue weighted by Gasteiger charge is -2.08. The maximum atomic E-state index is 12.6. The van der Waals surface area contributed by atoms with Crippen LogP contribution in [0.3, 0.4) is 0 Å². The zero-order valence-corrected chi connectivity index (χ0v) is 15.4. The maximum absolute atomic E-state index is 12.6. The van der Waals surface area contributed by atoms with Gasteiger partial charge in [0.15, 0.2) is 0 Å². The minimum atomic E-state index is -2.56. The number of aryl methyl sites for hydroxylation is 1. The lowest BCUT2D eigenvalue weighted by Crippen LogP contribution is -1.89. The Morgan fingerprint density at radius 2 is 1.68 bits per heavy atom. The van der Waals surface area contributed by atoms with Crippen molar-refractivity contribution in [2.45, 2.75) is 13.3 Å². The van der Waals surface area contributed by atoms with Gasteiger partial charge in [0, 0.05) is 5.56 Å². The van der Waals surface area contributed by atoms with Crippen LogP contribution in [0.25, 0.3) is 16.9 Å². The van der Waals surface area contributed by atoms with Gasteiger partial charge in [0.25, 0.3) is 6.43 Å². The summed E-state index contributed by atoms with van der Waals surface area (Å²) in [5.41, 5.74) is 4.17. The van der Waals surface area contributed by atoms with Crippen LogP contribution in [0.2, 0.25) is 0 Å². The van der Waals surface area contributed by atoms with Crippen LogP contribution in [-0.4, -0.2) is 11.5 Å². The molecular weight excluding hydrogens is 361 g/mol. The van der Waals surface area contributed by atoms with Crippen LogP contribution in [0.1, 0.15) is 22.3 Å². The van der Waals surface area contributed by atoms with Gasteiger partial charge in [-0.15, -0.1) is 0 Å². The molecule has 0 atom stereocenters. The van der Waals surface area contributed by atoms with Crippen LogP contribution in [0.5, 0.6) is 0 Å². The summed E-state index contributed by atoms with van der Waals surface area (Å²) >= 11 is 0. The molecule has 0 heterocycles. The second-order valence-corrected chi connectivity index (χ2v) is 6.08. The number of aliphatic hydroxyl groups is 1. The van der Waals surface area contributed by atoms with Crippen molar-refractivity contribution in [1.82, 2.24) is 0 Å². The molecule has 0 radical (unpaired) electrons. The van der Waals surface area contributed by atoms with E-state index in [9.17, 15) is 18.3 Å². The average Bonchev–Trinajstić information content (AvgIpc) is 2.67. The summed E-state index contributed by atoms with van der Waals surface area (Å²) in [4.78, 5) is 0. The van der Waals surface area contributed by atoms with E-state index in [1.54, 1.807) is 30.3 Å². The lowest BCUT2D eigenvalue weighted by atomic mass is 9.99. The fourth-order valence-corrected chi connectivity index (χ4v) is 2.62. The molecule has 4 heteroatoms. The molecule has 0 aliphatic rings. The van der Waals surface area contributed by atoms with Crippen molar-refractivity contribution in [2.75, 3.05) is 0 Å². The van der Waals surface area contributed by atoms with Crippen molar-refractivity contribution >= 4 is 16.9 Å². The summed E-state index contributed by atoms with van der Waals surface area (Å²) in [5.74, 6) is 0.116. The van der Waals surface area contributed by atoms with Crippen molar-refractivity contribution in [1.29, 1.82) is 0 Å². The van der Waals surface area contributed by atoms with Crippen LogP contribution in [0.15, 0.2) is 91.8 Å². The standard InChI is InChI=1S/C24H21F3O/c1-17-6-3-4-8-22(17)23(28)16-18(2)19-10-12-21(13-11-19)20(14-15-25)7-5-9-24(26)27/h3-16,24,28H,2H2,1H3/b9-5+,15-14-,20-7+,23-16+. The van der Waals surface area contributed by atoms with E-state index < -0.39 is 6.43 Å². The molecule has 2 rings (SSSR count). The molecule has 0 saturated heterocycles. The largest absolute Gasteiger partial charge is 0.507 e. The van der Waals surface area contributed by atoms with Gasteiger partial charge < -0.3 is 5.11 Å². The molecular formula is C24H21F3O. The van der Waals surface area contributed by atoms with Crippen molar-refractivity contribution in [3.05, 3.63) is 114 Å². The third-order valence-corrected chi connectivity index (χ3v) is 4.10. The average molecular weight is 382 g/mol. The van der Waals surface area contributed by atoms with Crippen molar-refractivity contribution < 1.29 is 18.3 Å².